The van der Waals surface area contributed by atoms with Gasteiger partial charge in [-0.15, -0.1) is 0 Å². The lowest BCUT2D eigenvalue weighted by atomic mass is 10.0. The molecule has 0 aromatic rings. The Kier molecular flexibility index (Phi) is 8.61. The van der Waals surface area contributed by atoms with Crippen LogP contribution in [0.3, 0.4) is 0 Å². The predicted molar refractivity (Wildman–Crippen MR) is 70.4 cm³/mol. The Bertz CT molecular complexity index is 165. The molecular formula is C13H28N2O2. The Hall–Kier alpha value is -0.160. The van der Waals surface area contributed by atoms with E-state index in [4.69, 9.17) is 9.47 Å². The van der Waals surface area contributed by atoms with Crippen LogP contribution in [0, 0.1) is 5.92 Å². The van der Waals surface area contributed by atoms with Gasteiger partial charge in [0.2, 0.25) is 0 Å². The summed E-state index contributed by atoms with van der Waals surface area (Å²) in [5, 5.41) is 3.43. The molecule has 0 aromatic carbocycles. The van der Waals surface area contributed by atoms with Crippen molar-refractivity contribution in [2.45, 2.75) is 19.3 Å². The summed E-state index contributed by atoms with van der Waals surface area (Å²) in [6.07, 6.45) is 4.00. The van der Waals surface area contributed by atoms with Crippen LogP contribution in [0.2, 0.25) is 0 Å². The molecule has 1 unspecified atom stereocenters. The molecule has 1 rings (SSSR count). The quantitative estimate of drug-likeness (QED) is 0.621. The van der Waals surface area contributed by atoms with Gasteiger partial charge in [0, 0.05) is 27.3 Å². The van der Waals surface area contributed by atoms with E-state index in [2.05, 4.69) is 10.2 Å². The fourth-order valence-corrected chi connectivity index (χ4v) is 2.34. The van der Waals surface area contributed by atoms with E-state index in [-0.39, 0.29) is 0 Å². The second-order valence-electron chi connectivity index (χ2n) is 4.83. The molecule has 1 aliphatic heterocycles. The van der Waals surface area contributed by atoms with Gasteiger partial charge >= 0.3 is 0 Å². The molecule has 1 saturated heterocycles. The van der Waals surface area contributed by atoms with Crippen LogP contribution in [0.25, 0.3) is 0 Å². The lowest BCUT2D eigenvalue weighted by Gasteiger charge is -2.22. The summed E-state index contributed by atoms with van der Waals surface area (Å²) < 4.78 is 10.3. The topological polar surface area (TPSA) is 33.7 Å². The van der Waals surface area contributed by atoms with Crippen molar-refractivity contribution in [3.8, 4) is 0 Å². The summed E-state index contributed by atoms with van der Waals surface area (Å²) in [4.78, 5) is 2.44. The minimum Gasteiger partial charge on any atom is -0.383 e. The van der Waals surface area contributed by atoms with Gasteiger partial charge < -0.3 is 14.8 Å². The molecule has 0 aromatic heterocycles. The third-order valence-corrected chi connectivity index (χ3v) is 3.47. The van der Waals surface area contributed by atoms with Gasteiger partial charge in [-0.3, -0.25) is 4.90 Å². The Morgan fingerprint density at radius 2 is 1.82 bits per heavy atom. The molecule has 17 heavy (non-hydrogen) atoms. The lowest BCUT2D eigenvalue weighted by Crippen LogP contribution is -2.32. The Morgan fingerprint density at radius 1 is 1.12 bits per heavy atom. The van der Waals surface area contributed by atoms with Crippen molar-refractivity contribution in [3.05, 3.63) is 0 Å². The molecule has 102 valence electrons. The maximum atomic E-state index is 5.14. The highest BCUT2D eigenvalue weighted by molar-refractivity contribution is 4.71. The van der Waals surface area contributed by atoms with Crippen molar-refractivity contribution >= 4 is 0 Å². The molecule has 0 aliphatic carbocycles. The second-order valence-corrected chi connectivity index (χ2v) is 4.83. The molecule has 4 nitrogen and oxygen atoms in total. The van der Waals surface area contributed by atoms with E-state index < -0.39 is 0 Å². The van der Waals surface area contributed by atoms with Gasteiger partial charge in [-0.05, 0) is 44.8 Å². The average Bonchev–Trinajstić information content (AvgIpc) is 2.85. The molecule has 0 saturated carbocycles. The van der Waals surface area contributed by atoms with Crippen LogP contribution in [0.5, 0.6) is 0 Å². The Labute approximate surface area is 106 Å². The van der Waals surface area contributed by atoms with Gasteiger partial charge in [0.05, 0.1) is 13.2 Å². The summed E-state index contributed by atoms with van der Waals surface area (Å²) in [5.74, 6) is 0.904. The first-order valence-corrected chi connectivity index (χ1v) is 6.77. The first-order chi connectivity index (χ1) is 8.36. The van der Waals surface area contributed by atoms with Crippen molar-refractivity contribution < 1.29 is 9.47 Å². The normalized spacial score (nSPS) is 20.3. The largest absolute Gasteiger partial charge is 0.383 e. The monoisotopic (exact) mass is 244 g/mol. The van der Waals surface area contributed by atoms with E-state index >= 15 is 0 Å². The van der Waals surface area contributed by atoms with E-state index in [1.807, 2.05) is 0 Å². The second kappa shape index (κ2) is 9.83. The molecular weight excluding hydrogens is 216 g/mol. The molecule has 1 atom stereocenters. The molecule has 1 fully saturated rings. The van der Waals surface area contributed by atoms with Crippen molar-refractivity contribution in [1.82, 2.24) is 10.2 Å². The summed E-state index contributed by atoms with van der Waals surface area (Å²) in [6, 6.07) is 0. The number of methoxy groups -OCH3 is 2. The van der Waals surface area contributed by atoms with E-state index in [1.165, 1.54) is 38.9 Å². The van der Waals surface area contributed by atoms with E-state index in [0.717, 1.165) is 32.2 Å². The van der Waals surface area contributed by atoms with E-state index in [9.17, 15) is 0 Å². The van der Waals surface area contributed by atoms with Crippen molar-refractivity contribution in [1.29, 1.82) is 0 Å². The molecule has 0 spiro atoms. The molecule has 4 heteroatoms. The number of hydrogen-bond donors (Lipinski definition) is 1. The maximum Gasteiger partial charge on any atom is 0.0589 e. The Balaban J connectivity index is 2.08. The minimum atomic E-state index is 0.814. The highest BCUT2D eigenvalue weighted by atomic mass is 16.5. The average molecular weight is 244 g/mol. The van der Waals surface area contributed by atoms with Gasteiger partial charge in [0.25, 0.3) is 0 Å². The summed E-state index contributed by atoms with van der Waals surface area (Å²) >= 11 is 0. The fourth-order valence-electron chi connectivity index (χ4n) is 2.34. The first kappa shape index (κ1) is 14.9. The number of ether oxygens (including phenoxy) is 2. The van der Waals surface area contributed by atoms with Gasteiger partial charge in [-0.1, -0.05) is 0 Å². The van der Waals surface area contributed by atoms with Gasteiger partial charge in [0.15, 0.2) is 0 Å². The Morgan fingerprint density at radius 3 is 2.35 bits per heavy atom. The zero-order valence-corrected chi connectivity index (χ0v) is 11.4. The van der Waals surface area contributed by atoms with Crippen LogP contribution in [0.1, 0.15) is 19.3 Å². The smallest absolute Gasteiger partial charge is 0.0589 e. The minimum absolute atomic E-state index is 0.814. The van der Waals surface area contributed by atoms with Crippen LogP contribution >= 0.6 is 0 Å². The number of rotatable bonds is 10. The van der Waals surface area contributed by atoms with Crippen LogP contribution in [0.4, 0.5) is 0 Å². The van der Waals surface area contributed by atoms with Crippen molar-refractivity contribution in [2.75, 3.05) is 60.2 Å². The maximum absolute atomic E-state index is 5.14. The van der Waals surface area contributed by atoms with Crippen LogP contribution in [0.15, 0.2) is 0 Å². The number of nitrogens with one attached hydrogen (secondary N) is 1. The third kappa shape index (κ3) is 6.99. The zero-order valence-electron chi connectivity index (χ0n) is 11.4. The summed E-state index contributed by atoms with van der Waals surface area (Å²) in [6.45, 7) is 7.26. The van der Waals surface area contributed by atoms with E-state index in [0.29, 0.717) is 0 Å². The lowest BCUT2D eigenvalue weighted by molar-refractivity contribution is 0.112. The summed E-state index contributed by atoms with van der Waals surface area (Å²) in [7, 11) is 3.53. The molecule has 1 N–H and O–H groups in total. The molecule has 0 amide bonds. The predicted octanol–water partition coefficient (Wildman–Crippen LogP) is 0.971. The number of nitrogens with zero attached hydrogens (tertiary/aromatic N) is 1. The standard InChI is InChI=1S/C13H28N2O2/c1-16-10-8-15(9-11-17-2)7-3-4-13-5-6-14-12-13/h13-14H,3-12H2,1-2H3. The molecule has 0 radical (unpaired) electrons. The van der Waals surface area contributed by atoms with Gasteiger partial charge in [-0.25, -0.2) is 0 Å². The molecule has 0 bridgehead atoms. The van der Waals surface area contributed by atoms with Crippen molar-refractivity contribution in [2.24, 2.45) is 5.92 Å². The highest BCUT2D eigenvalue weighted by Gasteiger charge is 2.14. The number of hydrogen-bond acceptors (Lipinski definition) is 4. The van der Waals surface area contributed by atoms with Crippen molar-refractivity contribution in [3.63, 3.8) is 0 Å². The van der Waals surface area contributed by atoms with Crippen LogP contribution in [-0.4, -0.2) is 65.1 Å². The zero-order chi connectivity index (χ0) is 12.3. The first-order valence-electron chi connectivity index (χ1n) is 6.77. The van der Waals surface area contributed by atoms with Gasteiger partial charge in [-0.2, -0.15) is 0 Å². The highest BCUT2D eigenvalue weighted by Crippen LogP contribution is 2.14. The SMILES string of the molecule is COCCN(CCCC1CCNC1)CCOC. The van der Waals surface area contributed by atoms with Gasteiger partial charge in [0.1, 0.15) is 0 Å². The fraction of sp³-hybridized carbons (Fsp3) is 1.00. The van der Waals surface area contributed by atoms with Crippen LogP contribution < -0.4 is 5.32 Å². The van der Waals surface area contributed by atoms with E-state index in [1.54, 1.807) is 14.2 Å². The molecule has 1 aliphatic rings. The van der Waals surface area contributed by atoms with Crippen LogP contribution in [-0.2, 0) is 9.47 Å². The molecule has 1 heterocycles. The summed E-state index contributed by atoms with van der Waals surface area (Å²) in [5.41, 5.74) is 0. The third-order valence-electron chi connectivity index (χ3n) is 3.47.